The van der Waals surface area contributed by atoms with Crippen LogP contribution in [0.2, 0.25) is 0 Å². The van der Waals surface area contributed by atoms with Gasteiger partial charge in [-0.25, -0.2) is 0 Å². The fraction of sp³-hybridized carbons (Fsp3) is 0. The molecule has 0 saturated carbocycles. The Balaban J connectivity index is 1.69. The molecule has 6 aromatic rings. The van der Waals surface area contributed by atoms with Gasteiger partial charge in [-0.05, 0) is 72.8 Å². The minimum atomic E-state index is 0.821. The van der Waals surface area contributed by atoms with Gasteiger partial charge in [0.1, 0.15) is 0 Å². The summed E-state index contributed by atoms with van der Waals surface area (Å²) in [6, 6.07) is 78.2. The highest BCUT2D eigenvalue weighted by Crippen LogP contribution is 2.11. The minimum Gasteiger partial charge on any atom is -0.0609 e. The molecule has 0 N–H and O–H groups in total. The van der Waals surface area contributed by atoms with Crippen molar-refractivity contribution in [2.75, 3.05) is 0 Å². The first-order chi connectivity index (χ1) is 20.8. The molecule has 0 unspecified atom stereocenters. The van der Waals surface area contributed by atoms with E-state index in [0.29, 0.717) is 0 Å². The third-order valence-electron chi connectivity index (χ3n) is 6.42. The summed E-state index contributed by atoms with van der Waals surface area (Å²) >= 11 is 0. The smallest absolute Gasteiger partial charge is 0.0412 e. The molecule has 0 atom stereocenters. The molecule has 0 spiro atoms. The Morgan fingerprint density at radius 2 is 0.333 bits per heavy atom. The van der Waals surface area contributed by atoms with Gasteiger partial charge in [-0.1, -0.05) is 121 Å². The highest BCUT2D eigenvalue weighted by Gasteiger charge is 1.89. The van der Waals surface area contributed by atoms with Gasteiger partial charge < -0.3 is 0 Å². The molecule has 0 aliphatic carbocycles. The Labute approximate surface area is 247 Å². The van der Waals surface area contributed by atoms with Crippen molar-refractivity contribution in [2.45, 2.75) is 0 Å². The molecule has 0 heteroatoms. The van der Waals surface area contributed by atoms with Crippen LogP contribution in [-0.4, -0.2) is 0 Å². The van der Waals surface area contributed by atoms with Gasteiger partial charge in [0.05, 0.1) is 0 Å². The van der Waals surface area contributed by atoms with Crippen molar-refractivity contribution in [2.24, 2.45) is 0 Å². The summed E-state index contributed by atoms with van der Waals surface area (Å²) in [5.41, 5.74) is 0. The standard InChI is InChI=1S/C42H20/c1-2-14-34-16-4-6-18-36(34)26-28-38-20-8-10-22-40(38)30-32-42-24-12-11-23-41(42)31-29-39-21-9-7-19-37(39)27-25-35-17-5-3-15-33(35)13-1/h3-12,15-24H. The summed E-state index contributed by atoms with van der Waals surface area (Å²) in [7, 11) is 0. The van der Waals surface area contributed by atoms with Gasteiger partial charge in [0.2, 0.25) is 0 Å². The molecule has 0 saturated heterocycles. The molecule has 188 valence electrons. The van der Waals surface area contributed by atoms with E-state index < -0.39 is 0 Å². The van der Waals surface area contributed by atoms with Gasteiger partial charge in [0.15, 0.2) is 0 Å². The predicted molar refractivity (Wildman–Crippen MR) is 171 cm³/mol. The van der Waals surface area contributed by atoms with E-state index in [1.807, 2.05) is 121 Å². The number of hydrogen-bond acceptors (Lipinski definition) is 0. The third kappa shape index (κ3) is 6.19. The third-order valence-corrected chi connectivity index (χ3v) is 6.42. The van der Waals surface area contributed by atoms with Crippen LogP contribution < -0.4 is 0 Å². The van der Waals surface area contributed by atoms with Crippen molar-refractivity contribution >= 4 is 53.9 Å². The summed E-state index contributed by atoms with van der Waals surface area (Å²) in [4.78, 5) is 0. The van der Waals surface area contributed by atoms with Crippen molar-refractivity contribution in [3.8, 4) is 0 Å². The van der Waals surface area contributed by atoms with E-state index in [9.17, 15) is 0 Å². The van der Waals surface area contributed by atoms with Crippen LogP contribution in [0.4, 0.5) is 0 Å². The van der Waals surface area contributed by atoms with E-state index >= 15 is 0 Å². The first kappa shape index (κ1) is 25.7. The van der Waals surface area contributed by atoms with Crippen LogP contribution in [0.5, 0.6) is 0 Å². The molecule has 0 amide bonds. The van der Waals surface area contributed by atoms with E-state index in [4.69, 9.17) is 0 Å². The molecule has 0 radical (unpaired) electrons. The van der Waals surface area contributed by atoms with Crippen LogP contribution in [0.15, 0.2) is 121 Å². The fourth-order valence-electron chi connectivity index (χ4n) is 4.24. The Hall–Kier alpha value is -6.54. The van der Waals surface area contributed by atoms with E-state index in [0.717, 1.165) is 53.9 Å². The van der Waals surface area contributed by atoms with Crippen molar-refractivity contribution in [1.29, 1.82) is 0 Å². The van der Waals surface area contributed by atoms with Gasteiger partial charge >= 0.3 is 0 Å². The summed E-state index contributed by atoms with van der Waals surface area (Å²) < 4.78 is 0. The number of benzene rings is 5. The van der Waals surface area contributed by atoms with Crippen molar-refractivity contribution in [3.63, 3.8) is 0 Å². The molecule has 0 aliphatic rings. The second-order valence-corrected chi connectivity index (χ2v) is 9.23. The maximum absolute atomic E-state index is 3.33. The second-order valence-electron chi connectivity index (χ2n) is 9.23. The van der Waals surface area contributed by atoms with Crippen molar-refractivity contribution in [3.05, 3.63) is 194 Å². The van der Waals surface area contributed by atoms with Crippen LogP contribution in [0, 0.1) is 72.8 Å². The zero-order valence-corrected chi connectivity index (χ0v) is 22.5. The van der Waals surface area contributed by atoms with Crippen LogP contribution in [-0.2, 0) is 0 Å². The predicted octanol–water partition coefficient (Wildman–Crippen LogP) is 9.55. The lowest BCUT2D eigenvalue weighted by atomic mass is 10.1. The van der Waals surface area contributed by atoms with Gasteiger partial charge in [-0.15, -0.1) is 0 Å². The number of hydrogen-bond donors (Lipinski definition) is 0. The molecule has 6 rings (SSSR count). The number of fused-ring (bicyclic) bond motifs is 5. The van der Waals surface area contributed by atoms with Gasteiger partial charge in [-0.3, -0.25) is 0 Å². The molecule has 0 nitrogen and oxygen atoms in total. The summed E-state index contributed by atoms with van der Waals surface area (Å²) in [6.45, 7) is 0. The average Bonchev–Trinajstić information content (AvgIpc) is 3.04. The highest BCUT2D eigenvalue weighted by atomic mass is 13.9. The first-order valence-corrected chi connectivity index (χ1v) is 13.4. The van der Waals surface area contributed by atoms with Crippen LogP contribution in [0.3, 0.4) is 0 Å². The summed E-state index contributed by atoms with van der Waals surface area (Å²) in [5, 5.41) is 8.42. The van der Waals surface area contributed by atoms with Crippen molar-refractivity contribution in [1.82, 2.24) is 0 Å². The van der Waals surface area contributed by atoms with E-state index in [1.165, 1.54) is 0 Å². The number of rotatable bonds is 0. The fourth-order valence-corrected chi connectivity index (χ4v) is 4.24. The summed E-state index contributed by atoms with van der Waals surface area (Å²) in [5.74, 6) is 0. The largest absolute Gasteiger partial charge is 0.0609 e. The lowest BCUT2D eigenvalue weighted by Crippen LogP contribution is -1.66. The Morgan fingerprint density at radius 1 is 0.190 bits per heavy atom. The molecular weight excluding hydrogens is 504 g/mol. The minimum absolute atomic E-state index is 0.821. The average molecular weight is 525 g/mol. The van der Waals surface area contributed by atoms with Gasteiger partial charge in [-0.2, -0.15) is 0 Å². The van der Waals surface area contributed by atoms with E-state index in [2.05, 4.69) is 72.8 Å². The second kappa shape index (κ2) is 12.5. The zero-order valence-electron chi connectivity index (χ0n) is 22.5. The van der Waals surface area contributed by atoms with Crippen LogP contribution >= 0.6 is 0 Å². The lowest BCUT2D eigenvalue weighted by Gasteiger charge is -1.87. The lowest BCUT2D eigenvalue weighted by molar-refractivity contribution is 1.79. The topological polar surface area (TPSA) is 0 Å². The molecule has 42 heavy (non-hydrogen) atoms. The maximum Gasteiger partial charge on any atom is 0.0412 e. The molecule has 0 heterocycles. The van der Waals surface area contributed by atoms with Crippen molar-refractivity contribution < 1.29 is 0 Å². The zero-order chi connectivity index (χ0) is 28.4. The van der Waals surface area contributed by atoms with Crippen LogP contribution in [0.1, 0.15) is 0 Å². The van der Waals surface area contributed by atoms with E-state index in [-0.39, 0.29) is 0 Å². The Morgan fingerprint density at radius 3 is 0.500 bits per heavy atom. The Kier molecular flexibility index (Phi) is 7.68. The maximum atomic E-state index is 3.33. The molecule has 0 fully saturated rings. The quantitative estimate of drug-likeness (QED) is 0.186. The van der Waals surface area contributed by atoms with Gasteiger partial charge in [0.25, 0.3) is 0 Å². The Bertz CT molecular complexity index is 2000. The van der Waals surface area contributed by atoms with E-state index in [1.54, 1.807) is 0 Å². The molecule has 6 aromatic carbocycles. The van der Waals surface area contributed by atoms with Gasteiger partial charge in [0, 0.05) is 53.9 Å². The highest BCUT2D eigenvalue weighted by molar-refractivity contribution is 5.84. The molecule has 0 bridgehead atoms. The first-order valence-electron chi connectivity index (χ1n) is 13.4. The SMILES string of the molecule is c1c#cc2ccccc2c#cc2ccccc2c#cc2ccccc2c#cc2ccccc2c#cc2ccccc2c#1. The molecule has 0 aliphatic heterocycles. The molecular formula is C42H20. The summed E-state index contributed by atoms with van der Waals surface area (Å²) in [6.07, 6.45) is 0. The normalized spacial score (nSPS) is 9.24. The molecule has 0 aromatic heterocycles. The van der Waals surface area contributed by atoms with Crippen LogP contribution in [0.25, 0.3) is 53.9 Å². The monoisotopic (exact) mass is 524 g/mol.